The summed E-state index contributed by atoms with van der Waals surface area (Å²) >= 11 is 0. The Balaban J connectivity index is 2.08. The SMILES string of the molecule is CC(C)CC(C)CNc1cccc2ncccc12. The molecule has 0 aliphatic carbocycles. The molecule has 1 aromatic heterocycles. The van der Waals surface area contributed by atoms with Crippen LogP contribution in [0.1, 0.15) is 27.2 Å². The summed E-state index contributed by atoms with van der Waals surface area (Å²) in [4.78, 5) is 4.38. The summed E-state index contributed by atoms with van der Waals surface area (Å²) in [6, 6.07) is 10.4. The number of rotatable bonds is 5. The molecule has 2 rings (SSSR count). The highest BCUT2D eigenvalue weighted by Gasteiger charge is 2.06. The van der Waals surface area contributed by atoms with Crippen LogP contribution in [0.4, 0.5) is 5.69 Å². The van der Waals surface area contributed by atoms with Crippen LogP contribution in [0.3, 0.4) is 0 Å². The first kappa shape index (κ1) is 12.9. The van der Waals surface area contributed by atoms with E-state index in [0.29, 0.717) is 5.92 Å². The van der Waals surface area contributed by atoms with Gasteiger partial charge in [-0.25, -0.2) is 0 Å². The van der Waals surface area contributed by atoms with Crippen molar-refractivity contribution in [2.75, 3.05) is 11.9 Å². The van der Waals surface area contributed by atoms with E-state index in [1.807, 2.05) is 12.3 Å². The van der Waals surface area contributed by atoms with E-state index in [2.05, 4.69) is 55.3 Å². The molecule has 1 N–H and O–H groups in total. The zero-order chi connectivity index (χ0) is 13.0. The van der Waals surface area contributed by atoms with Gasteiger partial charge in [-0.15, -0.1) is 0 Å². The standard InChI is InChI=1S/C16H22N2/c1-12(2)10-13(3)11-18-16-8-4-7-15-14(16)6-5-9-17-15/h4-9,12-13,18H,10-11H2,1-3H3. The summed E-state index contributed by atoms with van der Waals surface area (Å²) in [6.07, 6.45) is 3.10. The maximum Gasteiger partial charge on any atom is 0.0722 e. The van der Waals surface area contributed by atoms with Gasteiger partial charge in [-0.05, 0) is 42.5 Å². The highest BCUT2D eigenvalue weighted by atomic mass is 14.9. The summed E-state index contributed by atoms with van der Waals surface area (Å²) in [6.45, 7) is 7.87. The number of anilines is 1. The van der Waals surface area contributed by atoms with Gasteiger partial charge in [0.05, 0.1) is 5.52 Å². The average Bonchev–Trinajstić information content (AvgIpc) is 2.35. The number of pyridine rings is 1. The second kappa shape index (κ2) is 5.85. The lowest BCUT2D eigenvalue weighted by molar-refractivity contribution is 0.455. The van der Waals surface area contributed by atoms with Crippen LogP contribution in [0.5, 0.6) is 0 Å². The molecule has 0 saturated carbocycles. The Kier molecular flexibility index (Phi) is 4.19. The third kappa shape index (κ3) is 3.22. The van der Waals surface area contributed by atoms with Crippen molar-refractivity contribution < 1.29 is 0 Å². The third-order valence-electron chi connectivity index (χ3n) is 3.16. The zero-order valence-electron chi connectivity index (χ0n) is 11.5. The average molecular weight is 242 g/mol. The maximum absolute atomic E-state index is 4.38. The largest absolute Gasteiger partial charge is 0.384 e. The van der Waals surface area contributed by atoms with Gasteiger partial charge in [0.1, 0.15) is 0 Å². The molecule has 18 heavy (non-hydrogen) atoms. The molecule has 0 aliphatic heterocycles. The molecule has 0 fully saturated rings. The highest BCUT2D eigenvalue weighted by molar-refractivity contribution is 5.91. The Morgan fingerprint density at radius 1 is 1.11 bits per heavy atom. The van der Waals surface area contributed by atoms with Crippen molar-refractivity contribution >= 4 is 16.6 Å². The molecule has 0 amide bonds. The Morgan fingerprint density at radius 3 is 2.72 bits per heavy atom. The lowest BCUT2D eigenvalue weighted by Gasteiger charge is -2.16. The van der Waals surface area contributed by atoms with Gasteiger partial charge in [-0.1, -0.05) is 26.8 Å². The van der Waals surface area contributed by atoms with Crippen LogP contribution in [0.2, 0.25) is 0 Å². The molecule has 1 unspecified atom stereocenters. The minimum absolute atomic E-state index is 0.692. The molecule has 0 radical (unpaired) electrons. The molecule has 0 aliphatic rings. The van der Waals surface area contributed by atoms with Gasteiger partial charge >= 0.3 is 0 Å². The smallest absolute Gasteiger partial charge is 0.0722 e. The molecule has 2 nitrogen and oxygen atoms in total. The number of fused-ring (bicyclic) bond motifs is 1. The van der Waals surface area contributed by atoms with Gasteiger partial charge in [0.15, 0.2) is 0 Å². The number of hydrogen-bond acceptors (Lipinski definition) is 2. The fraction of sp³-hybridized carbons (Fsp3) is 0.438. The molecule has 2 heteroatoms. The zero-order valence-corrected chi connectivity index (χ0v) is 11.5. The molecule has 2 aromatic rings. The molecule has 0 spiro atoms. The van der Waals surface area contributed by atoms with Crippen LogP contribution in [0.25, 0.3) is 10.9 Å². The van der Waals surface area contributed by atoms with Gasteiger partial charge in [0.25, 0.3) is 0 Å². The van der Waals surface area contributed by atoms with E-state index in [1.54, 1.807) is 0 Å². The number of benzene rings is 1. The Hall–Kier alpha value is -1.57. The Labute approximate surface area is 109 Å². The van der Waals surface area contributed by atoms with Gasteiger partial charge in [-0.3, -0.25) is 4.98 Å². The minimum Gasteiger partial charge on any atom is -0.384 e. The summed E-state index contributed by atoms with van der Waals surface area (Å²) in [5.74, 6) is 1.45. The van der Waals surface area contributed by atoms with Crippen molar-refractivity contribution in [1.82, 2.24) is 4.98 Å². The first-order valence-corrected chi connectivity index (χ1v) is 6.74. The molecular weight excluding hydrogens is 220 g/mol. The van der Waals surface area contributed by atoms with Crippen molar-refractivity contribution in [3.63, 3.8) is 0 Å². The molecule has 1 atom stereocenters. The lowest BCUT2D eigenvalue weighted by Crippen LogP contribution is -2.13. The van der Waals surface area contributed by atoms with Crippen LogP contribution >= 0.6 is 0 Å². The molecule has 1 heterocycles. The van der Waals surface area contributed by atoms with Crippen molar-refractivity contribution in [1.29, 1.82) is 0 Å². The molecular formula is C16H22N2. The fourth-order valence-corrected chi connectivity index (χ4v) is 2.43. The summed E-state index contributed by atoms with van der Waals surface area (Å²) < 4.78 is 0. The van der Waals surface area contributed by atoms with Crippen LogP contribution in [0.15, 0.2) is 36.5 Å². The molecule has 0 saturated heterocycles. The van der Waals surface area contributed by atoms with Crippen LogP contribution in [-0.2, 0) is 0 Å². The van der Waals surface area contributed by atoms with Gasteiger partial charge in [-0.2, -0.15) is 0 Å². The fourth-order valence-electron chi connectivity index (χ4n) is 2.43. The lowest BCUT2D eigenvalue weighted by atomic mass is 9.99. The Morgan fingerprint density at radius 2 is 1.94 bits per heavy atom. The number of nitrogens with zero attached hydrogens (tertiary/aromatic N) is 1. The van der Waals surface area contributed by atoms with Crippen molar-refractivity contribution in [2.24, 2.45) is 11.8 Å². The topological polar surface area (TPSA) is 24.9 Å². The minimum atomic E-state index is 0.692. The van der Waals surface area contributed by atoms with E-state index < -0.39 is 0 Å². The third-order valence-corrected chi connectivity index (χ3v) is 3.16. The van der Waals surface area contributed by atoms with E-state index in [9.17, 15) is 0 Å². The van der Waals surface area contributed by atoms with Crippen molar-refractivity contribution in [3.8, 4) is 0 Å². The number of hydrogen-bond donors (Lipinski definition) is 1. The van der Waals surface area contributed by atoms with Crippen LogP contribution in [0, 0.1) is 11.8 Å². The molecule has 0 bridgehead atoms. The number of aromatic nitrogens is 1. The maximum atomic E-state index is 4.38. The highest BCUT2D eigenvalue weighted by Crippen LogP contribution is 2.22. The van der Waals surface area contributed by atoms with Crippen molar-refractivity contribution in [2.45, 2.75) is 27.2 Å². The number of nitrogens with one attached hydrogen (secondary N) is 1. The molecule has 1 aromatic carbocycles. The van der Waals surface area contributed by atoms with Crippen molar-refractivity contribution in [3.05, 3.63) is 36.5 Å². The Bertz CT molecular complexity index is 500. The van der Waals surface area contributed by atoms with Crippen LogP contribution in [-0.4, -0.2) is 11.5 Å². The quantitative estimate of drug-likeness (QED) is 0.844. The van der Waals surface area contributed by atoms with Gasteiger partial charge in [0, 0.05) is 23.8 Å². The van der Waals surface area contributed by atoms with E-state index >= 15 is 0 Å². The second-order valence-corrected chi connectivity index (χ2v) is 5.49. The van der Waals surface area contributed by atoms with E-state index in [4.69, 9.17) is 0 Å². The normalized spacial score (nSPS) is 12.9. The van der Waals surface area contributed by atoms with Crippen LogP contribution < -0.4 is 5.32 Å². The van der Waals surface area contributed by atoms with Gasteiger partial charge in [0.2, 0.25) is 0 Å². The monoisotopic (exact) mass is 242 g/mol. The summed E-state index contributed by atoms with van der Waals surface area (Å²) in [5.41, 5.74) is 2.25. The summed E-state index contributed by atoms with van der Waals surface area (Å²) in [7, 11) is 0. The van der Waals surface area contributed by atoms with Gasteiger partial charge < -0.3 is 5.32 Å². The van der Waals surface area contributed by atoms with E-state index in [1.165, 1.54) is 17.5 Å². The molecule has 96 valence electrons. The predicted octanol–water partition coefficient (Wildman–Crippen LogP) is 4.33. The second-order valence-electron chi connectivity index (χ2n) is 5.49. The van der Waals surface area contributed by atoms with E-state index in [0.717, 1.165) is 18.0 Å². The first-order chi connectivity index (χ1) is 8.66. The predicted molar refractivity (Wildman–Crippen MR) is 78.9 cm³/mol. The first-order valence-electron chi connectivity index (χ1n) is 6.74. The van der Waals surface area contributed by atoms with E-state index in [-0.39, 0.29) is 0 Å². The summed E-state index contributed by atoms with van der Waals surface area (Å²) in [5, 5.41) is 4.76.